The molecule has 1 saturated carbocycles. The van der Waals surface area contributed by atoms with Crippen LogP contribution in [0.4, 0.5) is 14.5 Å². The van der Waals surface area contributed by atoms with Gasteiger partial charge in [0.25, 0.3) is 0 Å². The average molecular weight is 303 g/mol. The molecular weight excluding hydrogens is 284 g/mol. The number of para-hydroxylation sites is 1. The van der Waals surface area contributed by atoms with Crippen LogP contribution in [0.15, 0.2) is 29.2 Å². The molecule has 112 valence electrons. The summed E-state index contributed by atoms with van der Waals surface area (Å²) in [5.74, 6) is -3.39. The molecule has 0 unspecified atom stereocenters. The summed E-state index contributed by atoms with van der Waals surface area (Å²) in [4.78, 5) is -0.319. The van der Waals surface area contributed by atoms with Crippen molar-refractivity contribution >= 4 is 15.5 Å². The summed E-state index contributed by atoms with van der Waals surface area (Å²) in [5.41, 5.74) is 0.453. The van der Waals surface area contributed by atoms with Crippen molar-refractivity contribution in [3.8, 4) is 0 Å². The van der Waals surface area contributed by atoms with Gasteiger partial charge >= 0.3 is 5.76 Å². The molecule has 3 nitrogen and oxygen atoms in total. The van der Waals surface area contributed by atoms with E-state index in [2.05, 4.69) is 12.2 Å². The molecule has 1 aliphatic rings. The van der Waals surface area contributed by atoms with Gasteiger partial charge in [-0.2, -0.15) is 8.78 Å². The highest BCUT2D eigenvalue weighted by molar-refractivity contribution is 7.91. The third-order valence-corrected chi connectivity index (χ3v) is 5.68. The fourth-order valence-corrected chi connectivity index (χ4v) is 3.48. The first kappa shape index (κ1) is 15.2. The van der Waals surface area contributed by atoms with Crippen LogP contribution >= 0.6 is 0 Å². The second kappa shape index (κ2) is 5.68. The van der Waals surface area contributed by atoms with E-state index >= 15 is 0 Å². The summed E-state index contributed by atoms with van der Waals surface area (Å²) < 4.78 is 48.6. The van der Waals surface area contributed by atoms with Gasteiger partial charge in [-0.3, -0.25) is 0 Å². The predicted molar refractivity (Wildman–Crippen MR) is 74.7 cm³/mol. The van der Waals surface area contributed by atoms with Crippen molar-refractivity contribution in [1.82, 2.24) is 0 Å². The number of rotatable bonds is 6. The van der Waals surface area contributed by atoms with Gasteiger partial charge in [-0.05, 0) is 36.8 Å². The maximum Gasteiger partial charge on any atom is 0.341 e. The highest BCUT2D eigenvalue weighted by Gasteiger charge is 2.35. The number of hydrogen-bond acceptors (Lipinski definition) is 3. The molecule has 0 saturated heterocycles. The van der Waals surface area contributed by atoms with Gasteiger partial charge in [-0.1, -0.05) is 25.5 Å². The van der Waals surface area contributed by atoms with E-state index in [4.69, 9.17) is 0 Å². The molecule has 0 heterocycles. The van der Waals surface area contributed by atoms with Crippen molar-refractivity contribution in [1.29, 1.82) is 0 Å². The van der Waals surface area contributed by atoms with Gasteiger partial charge in [0.1, 0.15) is 0 Å². The van der Waals surface area contributed by atoms with E-state index < -0.39 is 15.6 Å². The zero-order chi connectivity index (χ0) is 14.8. The molecule has 0 aliphatic heterocycles. The first-order valence-electron chi connectivity index (χ1n) is 6.76. The van der Waals surface area contributed by atoms with Gasteiger partial charge in [0.2, 0.25) is 9.84 Å². The molecule has 0 bridgehead atoms. The molecule has 0 atom stereocenters. The van der Waals surface area contributed by atoms with Crippen LogP contribution < -0.4 is 5.32 Å². The maximum atomic E-state index is 12.7. The van der Waals surface area contributed by atoms with E-state index in [1.807, 2.05) is 0 Å². The Balaban J connectivity index is 2.21. The van der Waals surface area contributed by atoms with Crippen LogP contribution in [0, 0.1) is 5.41 Å². The third kappa shape index (κ3) is 2.80. The number of sulfone groups is 1. The van der Waals surface area contributed by atoms with Crippen molar-refractivity contribution in [3.05, 3.63) is 24.3 Å². The van der Waals surface area contributed by atoms with Crippen LogP contribution in [-0.4, -0.2) is 20.7 Å². The number of hydrogen-bond donors (Lipinski definition) is 1. The summed E-state index contributed by atoms with van der Waals surface area (Å²) >= 11 is 0. The monoisotopic (exact) mass is 303 g/mol. The Morgan fingerprint density at radius 3 is 2.45 bits per heavy atom. The van der Waals surface area contributed by atoms with Crippen LogP contribution in [0.2, 0.25) is 0 Å². The second-order valence-corrected chi connectivity index (χ2v) is 7.25. The van der Waals surface area contributed by atoms with Gasteiger partial charge in [0.15, 0.2) is 0 Å². The molecule has 1 aromatic rings. The molecule has 0 aromatic heterocycles. The lowest BCUT2D eigenvalue weighted by molar-refractivity contribution is 0.145. The zero-order valence-electron chi connectivity index (χ0n) is 11.4. The Morgan fingerprint density at radius 2 is 1.95 bits per heavy atom. The summed E-state index contributed by atoms with van der Waals surface area (Å²) in [6.45, 7) is 2.72. The van der Waals surface area contributed by atoms with Crippen molar-refractivity contribution in [2.24, 2.45) is 5.41 Å². The lowest BCUT2D eigenvalue weighted by atomic mass is 9.67. The lowest BCUT2D eigenvalue weighted by Crippen LogP contribution is -2.36. The van der Waals surface area contributed by atoms with Gasteiger partial charge in [-0.25, -0.2) is 8.42 Å². The summed E-state index contributed by atoms with van der Waals surface area (Å²) in [6.07, 6.45) is 4.37. The molecule has 0 amide bonds. The van der Waals surface area contributed by atoms with E-state index in [1.165, 1.54) is 24.6 Å². The van der Waals surface area contributed by atoms with Crippen LogP contribution in [0.3, 0.4) is 0 Å². The van der Waals surface area contributed by atoms with Crippen molar-refractivity contribution < 1.29 is 17.2 Å². The number of nitrogens with one attached hydrogen (secondary N) is 1. The largest absolute Gasteiger partial charge is 0.383 e. The molecule has 2 rings (SSSR count). The topological polar surface area (TPSA) is 46.2 Å². The Morgan fingerprint density at radius 1 is 1.30 bits per heavy atom. The normalized spacial score (nSPS) is 17.8. The highest BCUT2D eigenvalue weighted by atomic mass is 32.2. The SMILES string of the molecule is CCC1(CNc2ccccc2S(=O)(=O)C(F)F)CCC1. The smallest absolute Gasteiger partial charge is 0.341 e. The van der Waals surface area contributed by atoms with Gasteiger partial charge < -0.3 is 5.32 Å². The first-order valence-corrected chi connectivity index (χ1v) is 8.31. The number of halogens is 2. The second-order valence-electron chi connectivity index (χ2n) is 5.36. The minimum Gasteiger partial charge on any atom is -0.383 e. The fraction of sp³-hybridized carbons (Fsp3) is 0.571. The molecular formula is C14H19F2NO2S. The Kier molecular flexibility index (Phi) is 4.32. The molecule has 1 aromatic carbocycles. The predicted octanol–water partition coefficient (Wildman–Crippen LogP) is 3.68. The summed E-state index contributed by atoms with van der Waals surface area (Å²) in [7, 11) is -4.57. The lowest BCUT2D eigenvalue weighted by Gasteiger charge is -2.41. The Bertz CT molecular complexity index is 563. The van der Waals surface area contributed by atoms with Crippen molar-refractivity contribution in [2.75, 3.05) is 11.9 Å². The molecule has 1 fully saturated rings. The minimum absolute atomic E-state index is 0.182. The zero-order valence-corrected chi connectivity index (χ0v) is 12.2. The Hall–Kier alpha value is -1.17. The fourth-order valence-electron chi connectivity index (χ4n) is 2.57. The molecule has 0 radical (unpaired) electrons. The van der Waals surface area contributed by atoms with E-state index in [-0.39, 0.29) is 16.0 Å². The maximum absolute atomic E-state index is 12.7. The van der Waals surface area contributed by atoms with E-state index in [1.54, 1.807) is 6.07 Å². The number of benzene rings is 1. The van der Waals surface area contributed by atoms with Crippen LogP contribution in [0.5, 0.6) is 0 Å². The number of alkyl halides is 2. The Labute approximate surface area is 118 Å². The third-order valence-electron chi connectivity index (χ3n) is 4.25. The van der Waals surface area contributed by atoms with E-state index in [9.17, 15) is 17.2 Å². The van der Waals surface area contributed by atoms with Gasteiger partial charge in [0.05, 0.1) is 10.6 Å². The molecule has 1 N–H and O–H groups in total. The molecule has 6 heteroatoms. The summed E-state index contributed by atoms with van der Waals surface area (Å²) in [6, 6.07) is 5.87. The van der Waals surface area contributed by atoms with Crippen LogP contribution in [0.25, 0.3) is 0 Å². The van der Waals surface area contributed by atoms with E-state index in [0.29, 0.717) is 6.54 Å². The average Bonchev–Trinajstić information content (AvgIpc) is 2.38. The van der Waals surface area contributed by atoms with Crippen LogP contribution in [0.1, 0.15) is 32.6 Å². The number of anilines is 1. The van der Waals surface area contributed by atoms with Crippen molar-refractivity contribution in [3.63, 3.8) is 0 Å². The molecule has 0 spiro atoms. The standard InChI is InChI=1S/C14H19F2NO2S/c1-2-14(8-5-9-14)10-17-11-6-3-4-7-12(11)20(18,19)13(15)16/h3-4,6-7,13,17H,2,5,8-10H2,1H3. The highest BCUT2D eigenvalue weighted by Crippen LogP contribution is 2.44. The molecule has 1 aliphatic carbocycles. The van der Waals surface area contributed by atoms with Crippen LogP contribution in [-0.2, 0) is 9.84 Å². The molecule has 20 heavy (non-hydrogen) atoms. The quantitative estimate of drug-likeness (QED) is 0.872. The summed E-state index contributed by atoms with van der Waals surface area (Å²) in [5, 5.41) is 3.06. The van der Waals surface area contributed by atoms with Gasteiger partial charge in [0, 0.05) is 6.54 Å². The van der Waals surface area contributed by atoms with Gasteiger partial charge in [-0.15, -0.1) is 0 Å². The first-order chi connectivity index (χ1) is 9.41. The minimum atomic E-state index is -4.57. The van der Waals surface area contributed by atoms with E-state index in [0.717, 1.165) is 19.3 Å². The van der Waals surface area contributed by atoms with Crippen molar-refractivity contribution in [2.45, 2.75) is 43.3 Å².